The smallest absolute Gasteiger partial charge is 0.207 e. The Balaban J connectivity index is 2.53. The molecule has 1 unspecified atom stereocenters. The standard InChI is InChI=1S/C28H36FN5O3/c1-32-16-23-13-21(10-11-27(23)31)28(34-17-24(37)18-35)25(7-5-3-2-4-6-12-33-19-36)20-8-9-22(15-30)26(29)14-20/h5,7-9,13-14,16,19,24,34-35,37H,2-4,6,10-12,17-18,31H2,1H3,(H,33,36)/b7-5+,28-25+,32-16?. The second kappa shape index (κ2) is 16.1. The van der Waals surface area contributed by atoms with E-state index in [0.29, 0.717) is 42.6 Å². The zero-order chi connectivity index (χ0) is 27.0. The lowest BCUT2D eigenvalue weighted by Crippen LogP contribution is -2.30. The number of allylic oxidation sites excluding steroid dienone is 7. The molecule has 1 atom stereocenters. The number of hydrogen-bond donors (Lipinski definition) is 5. The van der Waals surface area contributed by atoms with Crippen molar-refractivity contribution in [1.29, 1.82) is 5.26 Å². The molecule has 0 saturated carbocycles. The third-order valence-corrected chi connectivity index (χ3v) is 5.91. The van der Waals surface area contributed by atoms with E-state index in [1.54, 1.807) is 19.3 Å². The summed E-state index contributed by atoms with van der Waals surface area (Å²) in [6.45, 7) is 0.313. The lowest BCUT2D eigenvalue weighted by Gasteiger charge is -2.23. The van der Waals surface area contributed by atoms with E-state index in [2.05, 4.69) is 15.6 Å². The highest BCUT2D eigenvalue weighted by Gasteiger charge is 2.19. The maximum atomic E-state index is 14.6. The Morgan fingerprint density at radius 2 is 2.14 bits per heavy atom. The van der Waals surface area contributed by atoms with Gasteiger partial charge >= 0.3 is 0 Å². The number of carbonyl (C=O) groups excluding carboxylic acids is 1. The molecule has 0 fully saturated rings. The summed E-state index contributed by atoms with van der Waals surface area (Å²) in [4.78, 5) is 14.5. The third kappa shape index (κ3) is 9.33. The molecule has 9 heteroatoms. The molecular formula is C28H36FN5O3. The van der Waals surface area contributed by atoms with Crippen LogP contribution in [0.1, 0.15) is 49.7 Å². The molecule has 0 saturated heterocycles. The second-order valence-corrected chi connectivity index (χ2v) is 8.67. The molecule has 0 spiro atoms. The number of nitrogens with two attached hydrogens (primary N) is 1. The number of aliphatic imine (C=N–C) groups is 1. The summed E-state index contributed by atoms with van der Waals surface area (Å²) in [5.74, 6) is -0.621. The molecule has 6 N–H and O–H groups in total. The van der Waals surface area contributed by atoms with Gasteiger partial charge in [0.1, 0.15) is 11.9 Å². The van der Waals surface area contributed by atoms with Crippen LogP contribution >= 0.6 is 0 Å². The minimum atomic E-state index is -0.987. The number of rotatable bonds is 15. The summed E-state index contributed by atoms with van der Waals surface area (Å²) >= 11 is 0. The van der Waals surface area contributed by atoms with Gasteiger partial charge in [-0.3, -0.25) is 9.79 Å². The van der Waals surface area contributed by atoms with E-state index in [1.165, 1.54) is 12.1 Å². The van der Waals surface area contributed by atoms with Crippen molar-refractivity contribution in [2.45, 2.75) is 44.6 Å². The van der Waals surface area contributed by atoms with Crippen LogP contribution in [0.15, 0.2) is 64.0 Å². The molecule has 37 heavy (non-hydrogen) atoms. The number of halogens is 1. The summed E-state index contributed by atoms with van der Waals surface area (Å²) in [7, 11) is 1.66. The van der Waals surface area contributed by atoms with Gasteiger partial charge in [0.25, 0.3) is 0 Å². The van der Waals surface area contributed by atoms with Crippen LogP contribution < -0.4 is 16.4 Å². The monoisotopic (exact) mass is 509 g/mol. The number of nitrogens with zero attached hydrogens (tertiary/aromatic N) is 2. The summed E-state index contributed by atoms with van der Waals surface area (Å²) in [5.41, 5.74) is 10.5. The number of nitrogens with one attached hydrogen (secondary N) is 2. The van der Waals surface area contributed by atoms with Gasteiger partial charge in [0.15, 0.2) is 0 Å². The van der Waals surface area contributed by atoms with Crippen molar-refractivity contribution < 1.29 is 19.4 Å². The first-order chi connectivity index (χ1) is 17.9. The second-order valence-electron chi connectivity index (χ2n) is 8.67. The molecule has 0 radical (unpaired) electrons. The minimum absolute atomic E-state index is 0.0461. The van der Waals surface area contributed by atoms with Gasteiger partial charge < -0.3 is 26.6 Å². The number of amides is 1. The lowest BCUT2D eigenvalue weighted by atomic mass is 9.90. The molecule has 1 aliphatic carbocycles. The van der Waals surface area contributed by atoms with E-state index < -0.39 is 18.5 Å². The number of carbonyl (C=O) groups is 1. The molecule has 8 nitrogen and oxygen atoms in total. The van der Waals surface area contributed by atoms with Gasteiger partial charge in [-0.15, -0.1) is 0 Å². The molecule has 198 valence electrons. The van der Waals surface area contributed by atoms with Crippen LogP contribution in [0.3, 0.4) is 0 Å². The first-order valence-electron chi connectivity index (χ1n) is 12.4. The van der Waals surface area contributed by atoms with Gasteiger partial charge in [-0.25, -0.2) is 4.39 Å². The predicted octanol–water partition coefficient (Wildman–Crippen LogP) is 2.85. The number of nitriles is 1. The van der Waals surface area contributed by atoms with Crippen molar-refractivity contribution >= 4 is 18.2 Å². The van der Waals surface area contributed by atoms with Crippen LogP contribution in [-0.2, 0) is 4.79 Å². The highest BCUT2D eigenvalue weighted by Crippen LogP contribution is 2.31. The van der Waals surface area contributed by atoms with E-state index in [-0.39, 0.29) is 12.1 Å². The summed E-state index contributed by atoms with van der Waals surface area (Å²) < 4.78 is 14.6. The number of benzene rings is 1. The fourth-order valence-electron chi connectivity index (χ4n) is 3.91. The highest BCUT2D eigenvalue weighted by molar-refractivity contribution is 5.86. The average Bonchev–Trinajstić information content (AvgIpc) is 2.90. The third-order valence-electron chi connectivity index (χ3n) is 5.91. The van der Waals surface area contributed by atoms with E-state index in [1.807, 2.05) is 24.3 Å². The van der Waals surface area contributed by atoms with E-state index >= 15 is 0 Å². The zero-order valence-electron chi connectivity index (χ0n) is 21.2. The minimum Gasteiger partial charge on any atom is -0.402 e. The summed E-state index contributed by atoms with van der Waals surface area (Å²) in [6, 6.07) is 6.32. The highest BCUT2D eigenvalue weighted by atomic mass is 19.1. The van der Waals surface area contributed by atoms with Gasteiger partial charge in [0, 0.05) is 48.9 Å². The van der Waals surface area contributed by atoms with Crippen molar-refractivity contribution in [2.75, 3.05) is 26.7 Å². The zero-order valence-corrected chi connectivity index (χ0v) is 21.2. The molecule has 0 aromatic heterocycles. The molecule has 1 aliphatic rings. The van der Waals surface area contributed by atoms with Crippen LogP contribution in [0, 0.1) is 17.1 Å². The topological polar surface area (TPSA) is 144 Å². The molecule has 0 aliphatic heterocycles. The van der Waals surface area contributed by atoms with Crippen molar-refractivity contribution in [2.24, 2.45) is 10.7 Å². The van der Waals surface area contributed by atoms with Gasteiger partial charge in [0.05, 0.1) is 18.3 Å². The van der Waals surface area contributed by atoms with Crippen LogP contribution in [0.5, 0.6) is 0 Å². The molecule has 1 amide bonds. The summed E-state index contributed by atoms with van der Waals surface area (Å²) in [6.07, 6.45) is 12.0. The number of aliphatic hydroxyl groups is 2. The van der Waals surface area contributed by atoms with Crippen molar-refractivity contribution in [3.8, 4) is 6.07 Å². The van der Waals surface area contributed by atoms with E-state index in [4.69, 9.17) is 5.73 Å². The van der Waals surface area contributed by atoms with Crippen molar-refractivity contribution in [1.82, 2.24) is 10.6 Å². The molecule has 1 aromatic carbocycles. The quantitative estimate of drug-likeness (QED) is 0.106. The van der Waals surface area contributed by atoms with Gasteiger partial charge in [-0.2, -0.15) is 5.26 Å². The average molecular weight is 510 g/mol. The molecule has 1 aromatic rings. The van der Waals surface area contributed by atoms with Crippen LogP contribution in [0.25, 0.3) is 5.57 Å². The fraction of sp³-hybridized carbons (Fsp3) is 0.393. The number of unbranched alkanes of at least 4 members (excludes halogenated alkanes) is 3. The first-order valence-corrected chi connectivity index (χ1v) is 12.4. The molecule has 0 heterocycles. The maximum Gasteiger partial charge on any atom is 0.207 e. The largest absolute Gasteiger partial charge is 0.402 e. The van der Waals surface area contributed by atoms with Crippen molar-refractivity contribution in [3.63, 3.8) is 0 Å². The van der Waals surface area contributed by atoms with Crippen LogP contribution in [0.2, 0.25) is 0 Å². The van der Waals surface area contributed by atoms with Gasteiger partial charge in [-0.05, 0) is 61.4 Å². The lowest BCUT2D eigenvalue weighted by molar-refractivity contribution is -0.109. The van der Waals surface area contributed by atoms with Crippen LogP contribution in [0.4, 0.5) is 4.39 Å². The normalized spacial score (nSPS) is 15.4. The summed E-state index contributed by atoms with van der Waals surface area (Å²) in [5, 5.41) is 34.5. The fourth-order valence-corrected chi connectivity index (χ4v) is 3.91. The Labute approximate surface area is 217 Å². The Hall–Kier alpha value is -3.74. The van der Waals surface area contributed by atoms with Crippen LogP contribution in [-0.4, -0.2) is 55.7 Å². The van der Waals surface area contributed by atoms with Crippen molar-refractivity contribution in [3.05, 3.63) is 75.9 Å². The SMILES string of the molecule is CN=CC1=C(N)CCC(/C(NCC(O)CO)=C(/C=C/CCCCCNC=O)c2ccc(C#N)c(F)c2)=C1. The Bertz CT molecular complexity index is 1120. The molecule has 2 rings (SSSR count). The first kappa shape index (κ1) is 29.5. The van der Waals surface area contributed by atoms with E-state index in [9.17, 15) is 24.7 Å². The Kier molecular flexibility index (Phi) is 12.8. The van der Waals surface area contributed by atoms with E-state index in [0.717, 1.165) is 42.5 Å². The van der Waals surface area contributed by atoms with Gasteiger partial charge in [-0.1, -0.05) is 24.6 Å². The predicted molar refractivity (Wildman–Crippen MR) is 144 cm³/mol. The number of hydrogen-bond acceptors (Lipinski definition) is 7. The molecular weight excluding hydrogens is 473 g/mol. The van der Waals surface area contributed by atoms with Gasteiger partial charge in [0.2, 0.25) is 6.41 Å². The maximum absolute atomic E-state index is 14.6. The Morgan fingerprint density at radius 3 is 2.81 bits per heavy atom. The molecule has 0 bridgehead atoms. The number of aliphatic hydroxyl groups excluding tert-OH is 2. The Morgan fingerprint density at radius 1 is 1.32 bits per heavy atom.